The molecule has 8 heteroatoms. The molecule has 1 aromatic heterocycles. The standard InChI is InChI=1S/C13H12N2O5S/c1-20-11(18)4-8-6-21-13(14-8)15-12(19)7-2-9(16)5-10(17)3-7/h2-3,5-6,16-17H,4H2,1H3,(H,14,15,19). The highest BCUT2D eigenvalue weighted by atomic mass is 32.1. The highest BCUT2D eigenvalue weighted by Gasteiger charge is 2.12. The van der Waals surface area contributed by atoms with Crippen molar-refractivity contribution < 1.29 is 24.5 Å². The summed E-state index contributed by atoms with van der Waals surface area (Å²) in [5.41, 5.74) is 0.582. The fourth-order valence-electron chi connectivity index (χ4n) is 1.56. The van der Waals surface area contributed by atoms with Gasteiger partial charge in [0.05, 0.1) is 19.2 Å². The van der Waals surface area contributed by atoms with Gasteiger partial charge in [0.15, 0.2) is 5.13 Å². The normalized spacial score (nSPS) is 10.1. The van der Waals surface area contributed by atoms with Gasteiger partial charge in [-0.2, -0.15) is 0 Å². The van der Waals surface area contributed by atoms with Crippen LogP contribution in [0.15, 0.2) is 23.6 Å². The van der Waals surface area contributed by atoms with E-state index in [9.17, 15) is 19.8 Å². The molecule has 1 amide bonds. The topological polar surface area (TPSA) is 109 Å². The van der Waals surface area contributed by atoms with E-state index in [0.717, 1.165) is 17.4 Å². The molecule has 1 aromatic carbocycles. The molecule has 0 aliphatic rings. The number of hydrogen-bond donors (Lipinski definition) is 3. The Labute approximate surface area is 123 Å². The first-order valence-electron chi connectivity index (χ1n) is 5.83. The van der Waals surface area contributed by atoms with Crippen molar-refractivity contribution in [3.63, 3.8) is 0 Å². The molecule has 0 fully saturated rings. The lowest BCUT2D eigenvalue weighted by Gasteiger charge is -2.03. The molecule has 0 aliphatic heterocycles. The summed E-state index contributed by atoms with van der Waals surface area (Å²) >= 11 is 1.16. The Balaban J connectivity index is 2.07. The monoisotopic (exact) mass is 308 g/mol. The number of anilines is 1. The Hall–Kier alpha value is -2.61. The zero-order chi connectivity index (χ0) is 15.4. The van der Waals surface area contributed by atoms with Gasteiger partial charge in [0.1, 0.15) is 11.5 Å². The second-order valence-corrected chi connectivity index (χ2v) is 4.95. The number of amides is 1. The summed E-state index contributed by atoms with van der Waals surface area (Å²) < 4.78 is 4.52. The van der Waals surface area contributed by atoms with Gasteiger partial charge in [-0.05, 0) is 12.1 Å². The van der Waals surface area contributed by atoms with Crippen molar-refractivity contribution in [1.82, 2.24) is 4.98 Å². The van der Waals surface area contributed by atoms with E-state index in [4.69, 9.17) is 0 Å². The van der Waals surface area contributed by atoms with Crippen molar-refractivity contribution in [2.24, 2.45) is 0 Å². The second-order valence-electron chi connectivity index (χ2n) is 4.09. The van der Waals surface area contributed by atoms with Crippen LogP contribution in [0.25, 0.3) is 0 Å². The number of esters is 1. The maximum Gasteiger partial charge on any atom is 0.311 e. The van der Waals surface area contributed by atoms with Gasteiger partial charge in [0.2, 0.25) is 0 Å². The van der Waals surface area contributed by atoms with E-state index in [0.29, 0.717) is 10.8 Å². The van der Waals surface area contributed by atoms with Crippen LogP contribution in [-0.4, -0.2) is 34.2 Å². The fraction of sp³-hybridized carbons (Fsp3) is 0.154. The van der Waals surface area contributed by atoms with Crippen molar-refractivity contribution >= 4 is 28.3 Å². The van der Waals surface area contributed by atoms with Crippen LogP contribution in [0, 0.1) is 0 Å². The second kappa shape index (κ2) is 6.23. The zero-order valence-corrected chi connectivity index (χ0v) is 11.8. The van der Waals surface area contributed by atoms with E-state index in [1.54, 1.807) is 5.38 Å². The van der Waals surface area contributed by atoms with Gasteiger partial charge in [-0.1, -0.05) is 0 Å². The lowest BCUT2D eigenvalue weighted by Crippen LogP contribution is -2.12. The number of benzene rings is 1. The van der Waals surface area contributed by atoms with Crippen molar-refractivity contribution in [2.75, 3.05) is 12.4 Å². The number of carbonyl (C=O) groups is 2. The van der Waals surface area contributed by atoms with Crippen LogP contribution in [0.2, 0.25) is 0 Å². The number of phenolic OH excluding ortho intramolecular Hbond substituents is 2. The minimum absolute atomic E-state index is 0.0236. The van der Waals surface area contributed by atoms with E-state index >= 15 is 0 Å². The van der Waals surface area contributed by atoms with Crippen molar-refractivity contribution in [3.05, 3.63) is 34.8 Å². The third-order valence-electron chi connectivity index (χ3n) is 2.49. The fourth-order valence-corrected chi connectivity index (χ4v) is 2.27. The number of nitrogens with zero attached hydrogens (tertiary/aromatic N) is 1. The molecule has 7 nitrogen and oxygen atoms in total. The number of nitrogens with one attached hydrogen (secondary N) is 1. The van der Waals surface area contributed by atoms with Gasteiger partial charge >= 0.3 is 5.97 Å². The van der Waals surface area contributed by atoms with E-state index < -0.39 is 11.9 Å². The molecule has 0 atom stereocenters. The first-order chi connectivity index (χ1) is 9.97. The summed E-state index contributed by atoms with van der Waals surface area (Å²) in [5, 5.41) is 23.1. The number of hydrogen-bond acceptors (Lipinski definition) is 7. The summed E-state index contributed by atoms with van der Waals surface area (Å²) in [4.78, 5) is 27.1. The van der Waals surface area contributed by atoms with Crippen LogP contribution in [0.3, 0.4) is 0 Å². The number of phenols is 2. The number of rotatable bonds is 4. The van der Waals surface area contributed by atoms with Crippen LogP contribution in [0.1, 0.15) is 16.1 Å². The highest BCUT2D eigenvalue weighted by Crippen LogP contribution is 2.22. The lowest BCUT2D eigenvalue weighted by molar-refractivity contribution is -0.139. The average Bonchev–Trinajstić information content (AvgIpc) is 2.84. The van der Waals surface area contributed by atoms with Gasteiger partial charge in [0, 0.05) is 17.0 Å². The number of thiazole rings is 1. The Bertz CT molecular complexity index is 663. The van der Waals surface area contributed by atoms with Crippen molar-refractivity contribution in [3.8, 4) is 11.5 Å². The zero-order valence-electron chi connectivity index (χ0n) is 11.0. The number of aromatic nitrogens is 1. The predicted molar refractivity (Wildman–Crippen MR) is 75.6 cm³/mol. The van der Waals surface area contributed by atoms with Gasteiger partial charge in [0.25, 0.3) is 5.91 Å². The molecule has 0 spiro atoms. The van der Waals surface area contributed by atoms with E-state index in [-0.39, 0.29) is 23.5 Å². The molecule has 3 N–H and O–H groups in total. The number of ether oxygens (including phenoxy) is 1. The quantitative estimate of drug-likeness (QED) is 0.739. The van der Waals surface area contributed by atoms with Crippen molar-refractivity contribution in [2.45, 2.75) is 6.42 Å². The van der Waals surface area contributed by atoms with Crippen LogP contribution in [0.5, 0.6) is 11.5 Å². The molecule has 2 rings (SSSR count). The van der Waals surface area contributed by atoms with E-state index in [2.05, 4.69) is 15.0 Å². The SMILES string of the molecule is COC(=O)Cc1csc(NC(=O)c2cc(O)cc(O)c2)n1. The number of aromatic hydroxyl groups is 2. The molecule has 0 unspecified atom stereocenters. The molecule has 110 valence electrons. The molecule has 0 aliphatic carbocycles. The van der Waals surface area contributed by atoms with Gasteiger partial charge in [-0.3, -0.25) is 14.9 Å². The minimum atomic E-state index is -0.528. The molecule has 2 aromatic rings. The third-order valence-corrected chi connectivity index (χ3v) is 3.30. The summed E-state index contributed by atoms with van der Waals surface area (Å²) in [6.45, 7) is 0. The smallest absolute Gasteiger partial charge is 0.311 e. The Morgan fingerprint density at radius 1 is 1.29 bits per heavy atom. The van der Waals surface area contributed by atoms with Gasteiger partial charge in [-0.25, -0.2) is 4.98 Å². The molecule has 0 bridgehead atoms. The van der Waals surface area contributed by atoms with Crippen LogP contribution in [-0.2, 0) is 16.0 Å². The van der Waals surface area contributed by atoms with E-state index in [1.807, 2.05) is 0 Å². The maximum absolute atomic E-state index is 11.9. The predicted octanol–water partition coefficient (Wildman–Crippen LogP) is 1.52. The molecular formula is C13H12N2O5S. The summed E-state index contributed by atoms with van der Waals surface area (Å²) in [6.07, 6.45) is 0.0236. The molecule has 21 heavy (non-hydrogen) atoms. The molecule has 0 saturated carbocycles. The summed E-state index contributed by atoms with van der Waals surface area (Å²) in [5.74, 6) is -1.38. The van der Waals surface area contributed by atoms with Gasteiger partial charge < -0.3 is 14.9 Å². The van der Waals surface area contributed by atoms with Crippen LogP contribution < -0.4 is 5.32 Å². The lowest BCUT2D eigenvalue weighted by atomic mass is 10.2. The largest absolute Gasteiger partial charge is 0.508 e. The highest BCUT2D eigenvalue weighted by molar-refractivity contribution is 7.14. The van der Waals surface area contributed by atoms with Crippen LogP contribution in [0.4, 0.5) is 5.13 Å². The molecule has 1 heterocycles. The van der Waals surface area contributed by atoms with Crippen LogP contribution >= 0.6 is 11.3 Å². The minimum Gasteiger partial charge on any atom is -0.508 e. The first kappa shape index (κ1) is 14.8. The summed E-state index contributed by atoms with van der Waals surface area (Å²) in [6, 6.07) is 3.56. The molecular weight excluding hydrogens is 296 g/mol. The third kappa shape index (κ3) is 3.93. The maximum atomic E-state index is 11.9. The molecule has 0 radical (unpaired) electrons. The van der Waals surface area contributed by atoms with Crippen molar-refractivity contribution in [1.29, 1.82) is 0 Å². The number of carbonyl (C=O) groups excluding carboxylic acids is 2. The first-order valence-corrected chi connectivity index (χ1v) is 6.71. The van der Waals surface area contributed by atoms with Gasteiger partial charge in [-0.15, -0.1) is 11.3 Å². The molecule has 0 saturated heterocycles. The average molecular weight is 308 g/mol. The number of methoxy groups -OCH3 is 1. The van der Waals surface area contributed by atoms with E-state index in [1.165, 1.54) is 19.2 Å². The summed E-state index contributed by atoms with van der Waals surface area (Å²) in [7, 11) is 1.28. The Kier molecular flexibility index (Phi) is 4.39. The Morgan fingerprint density at radius 3 is 2.57 bits per heavy atom. The Morgan fingerprint density at radius 2 is 1.95 bits per heavy atom.